The van der Waals surface area contributed by atoms with E-state index in [2.05, 4.69) is 15.5 Å². The van der Waals surface area contributed by atoms with Crippen LogP contribution in [0, 0.1) is 0 Å². The van der Waals surface area contributed by atoms with Gasteiger partial charge in [0.15, 0.2) is 0 Å². The minimum absolute atomic E-state index is 0.0322. The van der Waals surface area contributed by atoms with Crippen molar-refractivity contribution < 1.29 is 19.4 Å². The standard InChI is InChI=1S/C23H36N4O4/c1-17(2)24-23(30)27-13-5-6-21(28)20(16-27)25-22(29)18-7-9-19(10-8-18)31-15-14-26-11-3-4-12-26/h7-10,17,20-21,28H,3-6,11-16H2,1-2H3,(H,24,30)(H,25,29)/t20-,21-/m1/s1. The molecule has 0 radical (unpaired) electrons. The minimum atomic E-state index is -0.686. The Morgan fingerprint density at radius 2 is 1.84 bits per heavy atom. The van der Waals surface area contributed by atoms with Gasteiger partial charge in [0.05, 0.1) is 12.1 Å². The van der Waals surface area contributed by atoms with Crippen LogP contribution in [-0.2, 0) is 0 Å². The Hall–Kier alpha value is -2.32. The summed E-state index contributed by atoms with van der Waals surface area (Å²) < 4.78 is 5.79. The first-order chi connectivity index (χ1) is 14.9. The molecule has 3 rings (SSSR count). The Bertz CT molecular complexity index is 719. The number of benzene rings is 1. The molecule has 172 valence electrons. The molecule has 0 saturated carbocycles. The number of rotatable bonds is 7. The average Bonchev–Trinajstić information content (AvgIpc) is 3.18. The molecule has 1 aromatic carbocycles. The first-order valence-electron chi connectivity index (χ1n) is 11.4. The van der Waals surface area contributed by atoms with Gasteiger partial charge in [-0.05, 0) is 76.9 Å². The van der Waals surface area contributed by atoms with E-state index in [9.17, 15) is 14.7 Å². The number of nitrogens with one attached hydrogen (secondary N) is 2. The normalized spacial score (nSPS) is 22.3. The zero-order chi connectivity index (χ0) is 22.2. The lowest BCUT2D eigenvalue weighted by Gasteiger charge is -2.28. The summed E-state index contributed by atoms with van der Waals surface area (Å²) in [5.41, 5.74) is 0.501. The molecule has 3 amide bonds. The Labute approximate surface area is 184 Å². The van der Waals surface area contributed by atoms with E-state index in [0.29, 0.717) is 31.6 Å². The van der Waals surface area contributed by atoms with Crippen molar-refractivity contribution in [2.45, 2.75) is 57.7 Å². The second-order valence-corrected chi connectivity index (χ2v) is 8.76. The summed E-state index contributed by atoms with van der Waals surface area (Å²) in [5, 5.41) is 16.2. The van der Waals surface area contributed by atoms with Crippen LogP contribution in [0.1, 0.15) is 49.9 Å². The van der Waals surface area contributed by atoms with E-state index in [1.807, 2.05) is 13.8 Å². The largest absolute Gasteiger partial charge is 0.492 e. The Morgan fingerprint density at radius 1 is 1.13 bits per heavy atom. The maximum atomic E-state index is 12.7. The quantitative estimate of drug-likeness (QED) is 0.611. The highest BCUT2D eigenvalue weighted by Gasteiger charge is 2.29. The van der Waals surface area contributed by atoms with Crippen LogP contribution >= 0.6 is 0 Å². The van der Waals surface area contributed by atoms with E-state index in [-0.39, 0.29) is 24.5 Å². The van der Waals surface area contributed by atoms with Gasteiger partial charge in [-0.25, -0.2) is 4.79 Å². The molecule has 2 atom stereocenters. The molecule has 1 aromatic rings. The number of hydrogen-bond donors (Lipinski definition) is 3. The number of carbonyl (C=O) groups is 2. The summed E-state index contributed by atoms with van der Waals surface area (Å²) in [6, 6.07) is 6.41. The lowest BCUT2D eigenvalue weighted by molar-refractivity contribution is 0.0808. The Kier molecular flexibility index (Phi) is 8.54. The molecule has 0 unspecified atom stereocenters. The topological polar surface area (TPSA) is 94.1 Å². The smallest absolute Gasteiger partial charge is 0.317 e. The van der Waals surface area contributed by atoms with Gasteiger partial charge in [-0.1, -0.05) is 0 Å². The van der Waals surface area contributed by atoms with Crippen molar-refractivity contribution >= 4 is 11.9 Å². The van der Waals surface area contributed by atoms with Crippen molar-refractivity contribution in [1.82, 2.24) is 20.4 Å². The summed E-state index contributed by atoms with van der Waals surface area (Å²) in [5.74, 6) is 0.473. The molecule has 2 aliphatic rings. The fraction of sp³-hybridized carbons (Fsp3) is 0.652. The Balaban J connectivity index is 1.51. The lowest BCUT2D eigenvalue weighted by Crippen LogP contribution is -2.52. The second-order valence-electron chi connectivity index (χ2n) is 8.76. The highest BCUT2D eigenvalue weighted by atomic mass is 16.5. The highest BCUT2D eigenvalue weighted by Crippen LogP contribution is 2.16. The van der Waals surface area contributed by atoms with Crippen molar-refractivity contribution in [1.29, 1.82) is 0 Å². The molecule has 2 saturated heterocycles. The predicted octanol–water partition coefficient (Wildman–Crippen LogP) is 1.83. The van der Waals surface area contributed by atoms with E-state index < -0.39 is 12.1 Å². The molecule has 2 aliphatic heterocycles. The van der Waals surface area contributed by atoms with E-state index in [1.165, 1.54) is 12.8 Å². The SMILES string of the molecule is CC(C)NC(=O)N1CCC[C@@H](O)[C@H](NC(=O)c2ccc(OCCN3CCCC3)cc2)C1. The van der Waals surface area contributed by atoms with Gasteiger partial charge < -0.3 is 25.4 Å². The van der Waals surface area contributed by atoms with Crippen LogP contribution < -0.4 is 15.4 Å². The first-order valence-corrected chi connectivity index (χ1v) is 11.4. The van der Waals surface area contributed by atoms with E-state index in [0.717, 1.165) is 25.4 Å². The maximum absolute atomic E-state index is 12.7. The Morgan fingerprint density at radius 3 is 2.52 bits per heavy atom. The molecular weight excluding hydrogens is 396 g/mol. The van der Waals surface area contributed by atoms with Crippen LogP contribution in [0.15, 0.2) is 24.3 Å². The molecule has 31 heavy (non-hydrogen) atoms. The summed E-state index contributed by atoms with van der Waals surface area (Å²) in [7, 11) is 0. The van der Waals surface area contributed by atoms with Gasteiger partial charge in [0.1, 0.15) is 12.4 Å². The third kappa shape index (κ3) is 7.11. The fourth-order valence-electron chi connectivity index (χ4n) is 4.06. The van der Waals surface area contributed by atoms with E-state index in [4.69, 9.17) is 4.74 Å². The number of likely N-dealkylation sites (tertiary alicyclic amines) is 2. The number of amides is 3. The molecule has 3 N–H and O–H groups in total. The van der Waals surface area contributed by atoms with Crippen LogP contribution in [0.2, 0.25) is 0 Å². The monoisotopic (exact) mass is 432 g/mol. The second kappa shape index (κ2) is 11.3. The molecule has 2 fully saturated rings. The molecule has 0 aromatic heterocycles. The molecule has 0 spiro atoms. The van der Waals surface area contributed by atoms with Crippen molar-refractivity contribution in [3.63, 3.8) is 0 Å². The van der Waals surface area contributed by atoms with Gasteiger partial charge in [-0.2, -0.15) is 0 Å². The number of ether oxygens (including phenoxy) is 1. The first kappa shape index (κ1) is 23.3. The number of nitrogens with zero attached hydrogens (tertiary/aromatic N) is 2. The molecule has 8 heteroatoms. The minimum Gasteiger partial charge on any atom is -0.492 e. The van der Waals surface area contributed by atoms with E-state index >= 15 is 0 Å². The van der Waals surface area contributed by atoms with Gasteiger partial charge in [0.2, 0.25) is 0 Å². The number of hydrogen-bond acceptors (Lipinski definition) is 5. The predicted molar refractivity (Wildman–Crippen MR) is 119 cm³/mol. The van der Waals surface area contributed by atoms with E-state index in [1.54, 1.807) is 29.2 Å². The highest BCUT2D eigenvalue weighted by molar-refractivity contribution is 5.94. The summed E-state index contributed by atoms with van der Waals surface area (Å²) in [6.07, 6.45) is 3.08. The van der Waals surface area contributed by atoms with Gasteiger partial charge in [-0.15, -0.1) is 0 Å². The molecule has 0 aliphatic carbocycles. The van der Waals surface area contributed by atoms with Gasteiger partial charge in [0, 0.05) is 31.2 Å². The number of carbonyl (C=O) groups excluding carboxylic acids is 2. The fourth-order valence-corrected chi connectivity index (χ4v) is 4.06. The van der Waals surface area contributed by atoms with Crippen LogP contribution in [0.4, 0.5) is 4.79 Å². The third-order valence-corrected chi connectivity index (χ3v) is 5.82. The van der Waals surface area contributed by atoms with Gasteiger partial charge >= 0.3 is 6.03 Å². The maximum Gasteiger partial charge on any atom is 0.317 e. The van der Waals surface area contributed by atoms with Crippen molar-refractivity contribution in [2.24, 2.45) is 0 Å². The van der Waals surface area contributed by atoms with Crippen LogP contribution in [0.25, 0.3) is 0 Å². The third-order valence-electron chi connectivity index (χ3n) is 5.82. The van der Waals surface area contributed by atoms with Crippen LogP contribution in [0.5, 0.6) is 5.75 Å². The van der Waals surface area contributed by atoms with Gasteiger partial charge in [-0.3, -0.25) is 9.69 Å². The average molecular weight is 433 g/mol. The molecule has 0 bridgehead atoms. The lowest BCUT2D eigenvalue weighted by atomic mass is 10.1. The summed E-state index contributed by atoms with van der Waals surface area (Å²) >= 11 is 0. The molecule has 8 nitrogen and oxygen atoms in total. The summed E-state index contributed by atoms with van der Waals surface area (Å²) in [4.78, 5) is 29.2. The van der Waals surface area contributed by atoms with Crippen molar-refractivity contribution in [3.8, 4) is 5.75 Å². The van der Waals surface area contributed by atoms with Crippen LogP contribution in [-0.4, -0.2) is 84.4 Å². The molecular formula is C23H36N4O4. The van der Waals surface area contributed by atoms with Crippen molar-refractivity contribution in [2.75, 3.05) is 39.3 Å². The summed E-state index contributed by atoms with van der Waals surface area (Å²) in [6.45, 7) is 8.50. The number of urea groups is 1. The zero-order valence-electron chi connectivity index (χ0n) is 18.7. The zero-order valence-corrected chi connectivity index (χ0v) is 18.7. The van der Waals surface area contributed by atoms with Crippen LogP contribution in [0.3, 0.4) is 0 Å². The number of aliphatic hydroxyl groups excluding tert-OH is 1. The van der Waals surface area contributed by atoms with Crippen molar-refractivity contribution in [3.05, 3.63) is 29.8 Å². The number of aliphatic hydroxyl groups is 1. The van der Waals surface area contributed by atoms with Gasteiger partial charge in [0.25, 0.3) is 5.91 Å². The molecule has 2 heterocycles.